The van der Waals surface area contributed by atoms with E-state index < -0.39 is 0 Å². The van der Waals surface area contributed by atoms with E-state index in [-0.39, 0.29) is 5.91 Å². The highest BCUT2D eigenvalue weighted by molar-refractivity contribution is 5.92. The van der Waals surface area contributed by atoms with Crippen LogP contribution in [-0.2, 0) is 11.3 Å². The van der Waals surface area contributed by atoms with Crippen LogP contribution in [0.3, 0.4) is 0 Å². The molecule has 118 valence electrons. The highest BCUT2D eigenvalue weighted by Crippen LogP contribution is 2.18. The number of ether oxygens (including phenoxy) is 1. The number of hydrogen-bond donors (Lipinski definition) is 1. The highest BCUT2D eigenvalue weighted by atomic mass is 16.5. The van der Waals surface area contributed by atoms with E-state index in [2.05, 4.69) is 30.4 Å². The topological polar surface area (TPSA) is 43.3 Å². The molecule has 3 aromatic rings. The number of benzene rings is 2. The van der Waals surface area contributed by atoms with Crippen molar-refractivity contribution in [1.29, 1.82) is 0 Å². The van der Waals surface area contributed by atoms with E-state index in [0.29, 0.717) is 13.2 Å². The van der Waals surface area contributed by atoms with Gasteiger partial charge in [0, 0.05) is 17.4 Å². The number of rotatable bonds is 5. The van der Waals surface area contributed by atoms with Crippen LogP contribution in [0.25, 0.3) is 10.9 Å². The van der Waals surface area contributed by atoms with Gasteiger partial charge in [-0.15, -0.1) is 0 Å². The summed E-state index contributed by atoms with van der Waals surface area (Å²) in [7, 11) is 0. The third-order valence-corrected chi connectivity index (χ3v) is 3.69. The average Bonchev–Trinajstić information content (AvgIpc) is 2.91. The molecule has 3 rings (SSSR count). The number of amides is 1. The largest absolute Gasteiger partial charge is 0.494 e. The standard InChI is InChI=1S/C19H20N2O2/c1-3-23-17-7-5-16(6-8-17)20-19(22)13-21-11-10-15-12-14(2)4-9-18(15)21/h4-12H,3,13H2,1-2H3,(H,20,22). The van der Waals surface area contributed by atoms with Crippen LogP contribution in [0.15, 0.2) is 54.7 Å². The number of aromatic nitrogens is 1. The summed E-state index contributed by atoms with van der Waals surface area (Å²) in [6.07, 6.45) is 1.95. The molecule has 4 heteroatoms. The number of hydrogen-bond acceptors (Lipinski definition) is 2. The summed E-state index contributed by atoms with van der Waals surface area (Å²) in [4.78, 5) is 12.2. The lowest BCUT2D eigenvalue weighted by Gasteiger charge is -2.09. The Morgan fingerprint density at radius 1 is 1.13 bits per heavy atom. The van der Waals surface area contributed by atoms with Crippen LogP contribution < -0.4 is 10.1 Å². The van der Waals surface area contributed by atoms with Gasteiger partial charge in [-0.05, 0) is 61.7 Å². The van der Waals surface area contributed by atoms with Crippen molar-refractivity contribution in [3.8, 4) is 5.75 Å². The maximum atomic E-state index is 12.2. The summed E-state index contributed by atoms with van der Waals surface area (Å²) in [6, 6.07) is 15.7. The average molecular weight is 308 g/mol. The number of aryl methyl sites for hydroxylation is 1. The van der Waals surface area contributed by atoms with E-state index in [4.69, 9.17) is 4.74 Å². The number of nitrogens with zero attached hydrogens (tertiary/aromatic N) is 1. The summed E-state index contributed by atoms with van der Waals surface area (Å²) in [5.74, 6) is 0.754. The molecule has 0 radical (unpaired) electrons. The van der Waals surface area contributed by atoms with Gasteiger partial charge in [-0.25, -0.2) is 0 Å². The summed E-state index contributed by atoms with van der Waals surface area (Å²) in [5.41, 5.74) is 3.05. The molecule has 1 aromatic heterocycles. The highest BCUT2D eigenvalue weighted by Gasteiger charge is 2.07. The first kappa shape index (κ1) is 15.2. The Labute approximate surface area is 135 Å². The van der Waals surface area contributed by atoms with E-state index in [1.807, 2.05) is 48.0 Å². The molecule has 0 aliphatic heterocycles. The minimum absolute atomic E-state index is 0.0489. The van der Waals surface area contributed by atoms with Crippen molar-refractivity contribution in [2.75, 3.05) is 11.9 Å². The number of carbonyl (C=O) groups excluding carboxylic acids is 1. The summed E-state index contributed by atoms with van der Waals surface area (Å²) >= 11 is 0. The molecule has 0 spiro atoms. The Hall–Kier alpha value is -2.75. The van der Waals surface area contributed by atoms with Crippen LogP contribution in [-0.4, -0.2) is 17.1 Å². The fourth-order valence-electron chi connectivity index (χ4n) is 2.61. The molecular formula is C19H20N2O2. The van der Waals surface area contributed by atoms with Gasteiger partial charge in [0.05, 0.1) is 6.61 Å². The Balaban J connectivity index is 1.68. The SMILES string of the molecule is CCOc1ccc(NC(=O)Cn2ccc3cc(C)ccc32)cc1. The molecule has 23 heavy (non-hydrogen) atoms. The van der Waals surface area contributed by atoms with Crippen LogP contribution in [0.5, 0.6) is 5.75 Å². The third kappa shape index (κ3) is 3.54. The molecule has 4 nitrogen and oxygen atoms in total. The van der Waals surface area contributed by atoms with Crippen molar-refractivity contribution >= 4 is 22.5 Å². The van der Waals surface area contributed by atoms with Crippen molar-refractivity contribution in [2.45, 2.75) is 20.4 Å². The first-order valence-electron chi connectivity index (χ1n) is 7.74. The maximum absolute atomic E-state index is 12.2. The fourth-order valence-corrected chi connectivity index (χ4v) is 2.61. The zero-order valence-corrected chi connectivity index (χ0v) is 13.4. The molecule has 0 aliphatic carbocycles. The first-order valence-corrected chi connectivity index (χ1v) is 7.74. The van der Waals surface area contributed by atoms with Crippen molar-refractivity contribution < 1.29 is 9.53 Å². The van der Waals surface area contributed by atoms with Gasteiger partial charge in [0.25, 0.3) is 0 Å². The maximum Gasteiger partial charge on any atom is 0.244 e. The molecule has 0 fully saturated rings. The number of carbonyl (C=O) groups is 1. The fraction of sp³-hybridized carbons (Fsp3) is 0.211. The Bertz CT molecular complexity index is 819. The lowest BCUT2D eigenvalue weighted by atomic mass is 10.2. The molecule has 0 saturated heterocycles. The first-order chi connectivity index (χ1) is 11.2. The monoisotopic (exact) mass is 308 g/mol. The minimum atomic E-state index is -0.0489. The van der Waals surface area contributed by atoms with Gasteiger partial charge < -0.3 is 14.6 Å². The van der Waals surface area contributed by atoms with E-state index in [1.165, 1.54) is 5.56 Å². The second kappa shape index (κ2) is 6.57. The normalized spacial score (nSPS) is 10.7. The Kier molecular flexibility index (Phi) is 4.33. The number of anilines is 1. The van der Waals surface area contributed by atoms with Crippen LogP contribution in [0, 0.1) is 6.92 Å². The van der Waals surface area contributed by atoms with Crippen LogP contribution in [0.4, 0.5) is 5.69 Å². The van der Waals surface area contributed by atoms with Crippen molar-refractivity contribution in [2.24, 2.45) is 0 Å². The number of nitrogens with one attached hydrogen (secondary N) is 1. The van der Waals surface area contributed by atoms with E-state index in [1.54, 1.807) is 0 Å². The second-order valence-corrected chi connectivity index (χ2v) is 5.51. The Morgan fingerprint density at radius 3 is 2.65 bits per heavy atom. The van der Waals surface area contributed by atoms with Crippen LogP contribution >= 0.6 is 0 Å². The summed E-state index contributed by atoms with van der Waals surface area (Å²) in [6.45, 7) is 4.93. The van der Waals surface area contributed by atoms with Gasteiger partial charge in [0.2, 0.25) is 5.91 Å². The van der Waals surface area contributed by atoms with Crippen molar-refractivity contribution in [3.05, 3.63) is 60.3 Å². The van der Waals surface area contributed by atoms with Gasteiger partial charge in [0.15, 0.2) is 0 Å². The molecule has 0 unspecified atom stereocenters. The second-order valence-electron chi connectivity index (χ2n) is 5.51. The lowest BCUT2D eigenvalue weighted by Crippen LogP contribution is -2.18. The molecule has 0 saturated carbocycles. The van der Waals surface area contributed by atoms with Crippen molar-refractivity contribution in [3.63, 3.8) is 0 Å². The molecule has 2 aromatic carbocycles. The molecule has 0 atom stereocenters. The molecular weight excluding hydrogens is 288 g/mol. The molecule has 0 aliphatic rings. The summed E-state index contributed by atoms with van der Waals surface area (Å²) in [5, 5.41) is 4.06. The zero-order valence-electron chi connectivity index (χ0n) is 13.4. The van der Waals surface area contributed by atoms with Gasteiger partial charge in [0.1, 0.15) is 12.3 Å². The Morgan fingerprint density at radius 2 is 1.91 bits per heavy atom. The van der Waals surface area contributed by atoms with Gasteiger partial charge in [-0.1, -0.05) is 11.6 Å². The van der Waals surface area contributed by atoms with Gasteiger partial charge in [-0.3, -0.25) is 4.79 Å². The summed E-state index contributed by atoms with van der Waals surface area (Å²) < 4.78 is 7.35. The molecule has 0 bridgehead atoms. The smallest absolute Gasteiger partial charge is 0.244 e. The van der Waals surface area contributed by atoms with Gasteiger partial charge >= 0.3 is 0 Å². The van der Waals surface area contributed by atoms with E-state index in [0.717, 1.165) is 22.3 Å². The van der Waals surface area contributed by atoms with Crippen LogP contribution in [0.2, 0.25) is 0 Å². The minimum Gasteiger partial charge on any atom is -0.494 e. The third-order valence-electron chi connectivity index (χ3n) is 3.69. The number of fused-ring (bicyclic) bond motifs is 1. The predicted octanol–water partition coefficient (Wildman–Crippen LogP) is 3.99. The quantitative estimate of drug-likeness (QED) is 0.774. The van der Waals surface area contributed by atoms with Crippen molar-refractivity contribution in [1.82, 2.24) is 4.57 Å². The predicted molar refractivity (Wildman–Crippen MR) is 92.9 cm³/mol. The van der Waals surface area contributed by atoms with Gasteiger partial charge in [-0.2, -0.15) is 0 Å². The lowest BCUT2D eigenvalue weighted by molar-refractivity contribution is -0.116. The molecule has 1 N–H and O–H groups in total. The van der Waals surface area contributed by atoms with Crippen LogP contribution in [0.1, 0.15) is 12.5 Å². The molecule has 1 amide bonds. The van der Waals surface area contributed by atoms with E-state index in [9.17, 15) is 4.79 Å². The molecule has 1 heterocycles. The van der Waals surface area contributed by atoms with E-state index >= 15 is 0 Å². The zero-order chi connectivity index (χ0) is 16.2.